The fraction of sp³-hybridized carbons (Fsp3) is 0.667. The summed E-state index contributed by atoms with van der Waals surface area (Å²) in [6.07, 6.45) is 10.3. The normalized spacial score (nSPS) is 21.0. The lowest BCUT2D eigenvalue weighted by Gasteiger charge is -2.22. The van der Waals surface area contributed by atoms with Gasteiger partial charge in [-0.05, 0) is 52.9 Å². The molecule has 2 aliphatic rings. The Morgan fingerprint density at radius 3 is 1.97 bits per heavy atom. The highest BCUT2D eigenvalue weighted by molar-refractivity contribution is 6.41. The third-order valence-electron chi connectivity index (χ3n) is 6.26. The number of nitrogens with two attached hydrogens (primary N) is 1. The minimum atomic E-state index is -0.380. The van der Waals surface area contributed by atoms with Crippen molar-refractivity contribution in [1.82, 2.24) is 29.4 Å². The van der Waals surface area contributed by atoms with Gasteiger partial charge in [0.2, 0.25) is 0 Å². The van der Waals surface area contributed by atoms with Crippen LogP contribution in [0.2, 0.25) is 15.1 Å². The topological polar surface area (TPSA) is 114 Å². The Hall–Kier alpha value is -1.69. The molecule has 2 aromatic rings. The number of nitrogens with one attached hydrogen (secondary N) is 1. The molecule has 2 saturated heterocycles. The maximum absolute atomic E-state index is 11.7. The predicted octanol–water partition coefficient (Wildman–Crippen LogP) is 2.85. The lowest BCUT2D eigenvalue weighted by molar-refractivity contribution is 0.333. The van der Waals surface area contributed by atoms with Crippen molar-refractivity contribution in [3.8, 4) is 0 Å². The zero-order valence-corrected chi connectivity index (χ0v) is 24.4. The molecule has 37 heavy (non-hydrogen) atoms. The molecule has 0 aromatic carbocycles. The van der Waals surface area contributed by atoms with Crippen LogP contribution in [-0.2, 0) is 14.1 Å². The summed E-state index contributed by atoms with van der Waals surface area (Å²) in [5.74, 6) is 0. The molecule has 0 radical (unpaired) electrons. The monoisotopic (exact) mass is 576 g/mol. The molecule has 2 aromatic heterocycles. The first kappa shape index (κ1) is 31.5. The van der Waals surface area contributed by atoms with Crippen LogP contribution in [0.4, 0.5) is 5.69 Å². The van der Waals surface area contributed by atoms with Crippen molar-refractivity contribution in [1.29, 1.82) is 0 Å². The second kappa shape index (κ2) is 15.7. The molecule has 4 heterocycles. The summed E-state index contributed by atoms with van der Waals surface area (Å²) in [5.41, 5.74) is 5.78. The van der Waals surface area contributed by atoms with Crippen LogP contribution in [0, 0.1) is 0 Å². The summed E-state index contributed by atoms with van der Waals surface area (Å²) >= 11 is 17.0. The maximum Gasteiger partial charge on any atom is 0.287 e. The van der Waals surface area contributed by atoms with E-state index in [2.05, 4.69) is 39.4 Å². The van der Waals surface area contributed by atoms with Crippen LogP contribution < -0.4 is 22.2 Å². The molecule has 3 N–H and O–H groups in total. The zero-order valence-electron chi connectivity index (χ0n) is 22.1. The van der Waals surface area contributed by atoms with E-state index in [0.29, 0.717) is 17.8 Å². The van der Waals surface area contributed by atoms with Gasteiger partial charge in [-0.2, -0.15) is 10.2 Å². The Kier molecular flexibility index (Phi) is 13.3. The van der Waals surface area contributed by atoms with Crippen molar-refractivity contribution < 1.29 is 0 Å². The van der Waals surface area contributed by atoms with E-state index in [-0.39, 0.29) is 26.2 Å². The maximum atomic E-state index is 11.7. The van der Waals surface area contributed by atoms with E-state index in [1.165, 1.54) is 56.6 Å². The molecule has 0 amide bonds. The van der Waals surface area contributed by atoms with Gasteiger partial charge in [-0.15, -0.1) is 0 Å². The zero-order chi connectivity index (χ0) is 27.5. The molecule has 2 atom stereocenters. The van der Waals surface area contributed by atoms with Gasteiger partial charge in [-0.25, -0.2) is 9.36 Å². The largest absolute Gasteiger partial charge is 0.378 e. The number of rotatable bonds is 2. The fourth-order valence-electron chi connectivity index (χ4n) is 4.14. The van der Waals surface area contributed by atoms with Gasteiger partial charge in [0.15, 0.2) is 0 Å². The average Bonchev–Trinajstić information content (AvgIpc) is 3.19. The second-order valence-corrected chi connectivity index (χ2v) is 10.8. The summed E-state index contributed by atoms with van der Waals surface area (Å²) in [5, 5.41) is 11.4. The number of aryl methyl sites for hydroxylation is 2. The highest BCUT2D eigenvalue weighted by Crippen LogP contribution is 2.19. The molecule has 13 heteroatoms. The average molecular weight is 578 g/mol. The van der Waals surface area contributed by atoms with Crippen molar-refractivity contribution in [2.45, 2.75) is 50.6 Å². The van der Waals surface area contributed by atoms with Crippen LogP contribution in [0.5, 0.6) is 0 Å². The van der Waals surface area contributed by atoms with Gasteiger partial charge < -0.3 is 20.9 Å². The number of nitrogens with zero attached hydrogens (tertiary/aromatic N) is 6. The van der Waals surface area contributed by atoms with E-state index in [4.69, 9.17) is 40.5 Å². The first-order valence-corrected chi connectivity index (χ1v) is 13.6. The van der Waals surface area contributed by atoms with Crippen LogP contribution in [-0.4, -0.2) is 81.7 Å². The van der Waals surface area contributed by atoms with Crippen LogP contribution in [0.3, 0.4) is 0 Å². The van der Waals surface area contributed by atoms with Crippen molar-refractivity contribution in [3.63, 3.8) is 0 Å². The van der Waals surface area contributed by atoms with Gasteiger partial charge in [-0.1, -0.05) is 47.6 Å². The first-order chi connectivity index (χ1) is 17.5. The Morgan fingerprint density at radius 2 is 1.35 bits per heavy atom. The number of likely N-dealkylation sites (tertiary alicyclic amines) is 2. The quantitative estimate of drug-likeness (QED) is 0.560. The number of likely N-dealkylation sites (N-methyl/N-ethyl adjacent to an activating group) is 2. The lowest BCUT2D eigenvalue weighted by Crippen LogP contribution is -2.33. The van der Waals surface area contributed by atoms with Crippen molar-refractivity contribution in [2.75, 3.05) is 45.6 Å². The van der Waals surface area contributed by atoms with Gasteiger partial charge >= 0.3 is 0 Å². The van der Waals surface area contributed by atoms with Crippen LogP contribution in [0.15, 0.2) is 22.0 Å². The van der Waals surface area contributed by atoms with E-state index in [1.54, 1.807) is 13.2 Å². The highest BCUT2D eigenvalue weighted by atomic mass is 35.5. The third kappa shape index (κ3) is 10.5. The molecule has 2 fully saturated rings. The number of anilines is 1. The molecule has 2 unspecified atom stereocenters. The minimum Gasteiger partial charge on any atom is -0.378 e. The Morgan fingerprint density at radius 1 is 0.811 bits per heavy atom. The lowest BCUT2D eigenvalue weighted by atomic mass is 10.1. The first-order valence-electron chi connectivity index (χ1n) is 12.5. The molecule has 0 bridgehead atoms. The molecule has 2 aliphatic heterocycles. The molecule has 10 nitrogen and oxygen atoms in total. The summed E-state index contributed by atoms with van der Waals surface area (Å²) in [4.78, 5) is 27.2. The van der Waals surface area contributed by atoms with Gasteiger partial charge in [0.05, 0.1) is 23.1 Å². The SMILES string of the molecule is CN1CCCCC(N)C1.CN1CCCCC(Nc2cnn(C)c(=O)c2Cl)C1.Cn1ncc(Cl)c(Cl)c1=O. The molecular formula is C24H39Cl3N8O2. The standard InChI is InChI=1S/C12H19ClN4O.C7H16N2.C5H4Cl2N2O/c1-16-6-4-3-5-9(8-16)15-10-7-14-17(2)12(18)11(10)13;1-9-5-3-2-4-7(8)6-9;1-9-5(10)4(7)3(6)2-8-9/h7,9,15H,3-6,8H2,1-2H3;7H,2-6,8H2,1H3;2H,1H3. The second-order valence-electron chi connectivity index (χ2n) is 9.65. The summed E-state index contributed by atoms with van der Waals surface area (Å²) < 4.78 is 2.36. The molecular weight excluding hydrogens is 539 g/mol. The van der Waals surface area contributed by atoms with Crippen LogP contribution >= 0.6 is 34.8 Å². The number of halogens is 3. The summed E-state index contributed by atoms with van der Waals surface area (Å²) in [7, 11) is 7.36. The molecule has 0 spiro atoms. The fourth-order valence-corrected chi connectivity index (χ4v) is 4.66. The summed E-state index contributed by atoms with van der Waals surface area (Å²) in [6, 6.07) is 0.751. The van der Waals surface area contributed by atoms with Gasteiger partial charge in [0.1, 0.15) is 10.0 Å². The Bertz CT molecular complexity index is 1100. The van der Waals surface area contributed by atoms with Crippen molar-refractivity contribution >= 4 is 40.5 Å². The minimum absolute atomic E-state index is 0.0131. The van der Waals surface area contributed by atoms with Gasteiger partial charge in [0, 0.05) is 39.3 Å². The molecule has 0 aliphatic carbocycles. The third-order valence-corrected chi connectivity index (χ3v) is 7.37. The van der Waals surface area contributed by atoms with E-state index < -0.39 is 0 Å². The smallest absolute Gasteiger partial charge is 0.287 e. The highest BCUT2D eigenvalue weighted by Gasteiger charge is 2.17. The van der Waals surface area contributed by atoms with E-state index >= 15 is 0 Å². The number of hydrogen-bond acceptors (Lipinski definition) is 8. The van der Waals surface area contributed by atoms with Crippen molar-refractivity contribution in [2.24, 2.45) is 19.8 Å². The molecule has 4 rings (SSSR count). The number of aromatic nitrogens is 4. The summed E-state index contributed by atoms with van der Waals surface area (Å²) in [6.45, 7) is 4.40. The van der Waals surface area contributed by atoms with E-state index in [1.807, 2.05) is 0 Å². The van der Waals surface area contributed by atoms with Gasteiger partial charge in [-0.3, -0.25) is 9.59 Å². The molecule has 208 valence electrons. The van der Waals surface area contributed by atoms with E-state index in [0.717, 1.165) is 30.7 Å². The van der Waals surface area contributed by atoms with Gasteiger partial charge in [0.25, 0.3) is 11.1 Å². The van der Waals surface area contributed by atoms with Crippen molar-refractivity contribution in [3.05, 3.63) is 48.2 Å². The number of hydrogen-bond donors (Lipinski definition) is 2. The predicted molar refractivity (Wildman–Crippen MR) is 152 cm³/mol. The van der Waals surface area contributed by atoms with E-state index in [9.17, 15) is 9.59 Å². The van der Waals surface area contributed by atoms with Crippen LogP contribution in [0.25, 0.3) is 0 Å². The Labute approximate surface area is 233 Å². The molecule has 0 saturated carbocycles. The Balaban J connectivity index is 0.000000214. The van der Waals surface area contributed by atoms with Crippen LogP contribution in [0.1, 0.15) is 38.5 Å².